The fourth-order valence-electron chi connectivity index (χ4n) is 4.29. The van der Waals surface area contributed by atoms with E-state index in [1.54, 1.807) is 54.6 Å². The van der Waals surface area contributed by atoms with Crippen molar-refractivity contribution in [3.63, 3.8) is 0 Å². The maximum Gasteiger partial charge on any atom is 0.390 e. The lowest BCUT2D eigenvalue weighted by Gasteiger charge is -2.28. The van der Waals surface area contributed by atoms with Crippen molar-refractivity contribution in [1.29, 1.82) is 0 Å². The van der Waals surface area contributed by atoms with Gasteiger partial charge in [0.25, 0.3) is 0 Å². The molecule has 0 heterocycles. The van der Waals surface area contributed by atoms with Crippen molar-refractivity contribution in [3.05, 3.63) is 114 Å². The summed E-state index contributed by atoms with van der Waals surface area (Å²) in [5, 5.41) is 15.0. The number of hydrogen-bond acceptors (Lipinski definition) is 3. The molecule has 4 aromatic carbocycles. The minimum absolute atomic E-state index is 0.0518. The van der Waals surface area contributed by atoms with Crippen LogP contribution in [0.5, 0.6) is 0 Å². The average molecular weight is 566 g/mol. The topological polar surface area (TPSA) is 81.7 Å². The van der Waals surface area contributed by atoms with E-state index in [0.29, 0.717) is 5.69 Å². The van der Waals surface area contributed by atoms with Gasteiger partial charge in [0.05, 0.1) is 23.4 Å². The second kappa shape index (κ2) is 12.5. The van der Waals surface area contributed by atoms with Crippen molar-refractivity contribution < 1.29 is 32.3 Å². The van der Waals surface area contributed by atoms with Crippen LogP contribution in [0.15, 0.2) is 91.0 Å². The number of aryl methyl sites for hydroxylation is 1. The maximum atomic E-state index is 14.2. The van der Waals surface area contributed by atoms with E-state index < -0.39 is 37.0 Å². The number of halogens is 4. The summed E-state index contributed by atoms with van der Waals surface area (Å²) < 4.78 is 54.0. The Hall–Kier alpha value is -4.86. The van der Waals surface area contributed by atoms with Crippen LogP contribution >= 0.6 is 0 Å². The molecule has 6 nitrogen and oxygen atoms in total. The standard InChI is InChI=1S/C31H27F4N3O3/c1-20-7-11-24(12-8-20)36-30(41)37-27-17-22(26-18-23(32)10-13-25(26)29(39)40)9-14-28(27)38(16-15-31(33,34)35)19-21-5-3-2-4-6-21/h2-14,17-18H,15-16,19H2,1H3,(H,39,40)(H2,36,37,41). The van der Waals surface area contributed by atoms with Crippen molar-refractivity contribution in [1.82, 2.24) is 0 Å². The van der Waals surface area contributed by atoms with Gasteiger partial charge >= 0.3 is 18.2 Å². The van der Waals surface area contributed by atoms with Crippen LogP contribution in [0, 0.1) is 12.7 Å². The molecular formula is C31H27F4N3O3. The Kier molecular flexibility index (Phi) is 8.91. The number of carboxylic acid groups (broad SMARTS) is 1. The highest BCUT2D eigenvalue weighted by Crippen LogP contribution is 2.35. The molecule has 0 saturated carbocycles. The molecule has 0 aliphatic carbocycles. The van der Waals surface area contributed by atoms with E-state index in [1.807, 2.05) is 6.92 Å². The largest absolute Gasteiger partial charge is 0.478 e. The minimum Gasteiger partial charge on any atom is -0.478 e. The van der Waals surface area contributed by atoms with E-state index in [0.717, 1.165) is 29.3 Å². The van der Waals surface area contributed by atoms with Crippen molar-refractivity contribution in [2.45, 2.75) is 26.1 Å². The first-order chi connectivity index (χ1) is 19.5. The van der Waals surface area contributed by atoms with Crippen LogP contribution in [-0.4, -0.2) is 29.8 Å². The Balaban J connectivity index is 1.78. The predicted molar refractivity (Wildman–Crippen MR) is 151 cm³/mol. The van der Waals surface area contributed by atoms with E-state index in [1.165, 1.54) is 23.1 Å². The summed E-state index contributed by atoms with van der Waals surface area (Å²) in [7, 11) is 0. The molecule has 3 N–H and O–H groups in total. The highest BCUT2D eigenvalue weighted by Gasteiger charge is 2.29. The third-order valence-electron chi connectivity index (χ3n) is 6.30. The van der Waals surface area contributed by atoms with Crippen molar-refractivity contribution in [2.75, 3.05) is 22.1 Å². The highest BCUT2D eigenvalue weighted by atomic mass is 19.4. The maximum absolute atomic E-state index is 14.2. The van der Waals surface area contributed by atoms with Gasteiger partial charge in [-0.3, -0.25) is 0 Å². The van der Waals surface area contributed by atoms with E-state index in [2.05, 4.69) is 10.6 Å². The van der Waals surface area contributed by atoms with Gasteiger partial charge < -0.3 is 20.6 Å². The molecule has 0 radical (unpaired) electrons. The lowest BCUT2D eigenvalue weighted by Crippen LogP contribution is -2.29. The molecule has 2 amide bonds. The number of hydrogen-bond donors (Lipinski definition) is 3. The fourth-order valence-corrected chi connectivity index (χ4v) is 4.29. The number of benzene rings is 4. The summed E-state index contributed by atoms with van der Waals surface area (Å²) in [5.41, 5.74) is 2.74. The zero-order chi connectivity index (χ0) is 29.6. The first-order valence-electron chi connectivity index (χ1n) is 12.7. The van der Waals surface area contributed by atoms with E-state index in [4.69, 9.17) is 0 Å². The number of alkyl halides is 3. The molecule has 0 fully saturated rings. The molecule has 0 saturated heterocycles. The first kappa shape index (κ1) is 29.1. The Labute approximate surface area is 234 Å². The lowest BCUT2D eigenvalue weighted by molar-refractivity contribution is -0.132. The quantitative estimate of drug-likeness (QED) is 0.179. The second-order valence-electron chi connectivity index (χ2n) is 9.44. The van der Waals surface area contributed by atoms with E-state index >= 15 is 0 Å². The van der Waals surface area contributed by atoms with Gasteiger partial charge in [0.15, 0.2) is 0 Å². The normalized spacial score (nSPS) is 11.1. The Morgan fingerprint density at radius 2 is 1.59 bits per heavy atom. The Morgan fingerprint density at radius 1 is 0.878 bits per heavy atom. The number of anilines is 3. The molecule has 0 atom stereocenters. The summed E-state index contributed by atoms with van der Waals surface area (Å²) in [4.78, 5) is 26.3. The van der Waals surface area contributed by atoms with Gasteiger partial charge in [0.1, 0.15) is 5.82 Å². The summed E-state index contributed by atoms with van der Waals surface area (Å²) in [6.45, 7) is 1.58. The molecule has 4 aromatic rings. The van der Waals surface area contributed by atoms with Crippen LogP contribution in [0.25, 0.3) is 11.1 Å². The van der Waals surface area contributed by atoms with Gasteiger partial charge in [-0.25, -0.2) is 14.0 Å². The monoisotopic (exact) mass is 565 g/mol. The van der Waals surface area contributed by atoms with E-state index in [9.17, 15) is 32.3 Å². The average Bonchev–Trinajstić information content (AvgIpc) is 2.92. The number of rotatable bonds is 9. The van der Waals surface area contributed by atoms with Crippen LogP contribution in [0.4, 0.5) is 39.4 Å². The van der Waals surface area contributed by atoms with Crippen LogP contribution in [0.3, 0.4) is 0 Å². The molecule has 10 heteroatoms. The number of nitrogens with zero attached hydrogens (tertiary/aromatic N) is 1. The lowest BCUT2D eigenvalue weighted by atomic mass is 9.98. The van der Waals surface area contributed by atoms with Gasteiger partial charge in [-0.05, 0) is 66.1 Å². The van der Waals surface area contributed by atoms with Crippen LogP contribution < -0.4 is 15.5 Å². The van der Waals surface area contributed by atoms with Gasteiger partial charge in [-0.1, -0.05) is 54.1 Å². The molecule has 4 rings (SSSR count). The molecular weight excluding hydrogens is 538 g/mol. The molecule has 0 aromatic heterocycles. The second-order valence-corrected chi connectivity index (χ2v) is 9.44. The number of carbonyl (C=O) groups is 2. The van der Waals surface area contributed by atoms with Gasteiger partial charge in [0, 0.05) is 18.8 Å². The molecule has 0 aliphatic rings. The van der Waals surface area contributed by atoms with Crippen molar-refractivity contribution >= 4 is 29.1 Å². The molecule has 0 spiro atoms. The summed E-state index contributed by atoms with van der Waals surface area (Å²) in [6.07, 6.45) is -5.53. The highest BCUT2D eigenvalue weighted by molar-refractivity contribution is 6.03. The van der Waals surface area contributed by atoms with Crippen LogP contribution in [-0.2, 0) is 6.54 Å². The zero-order valence-electron chi connectivity index (χ0n) is 22.0. The van der Waals surface area contributed by atoms with Crippen LogP contribution in [0.2, 0.25) is 0 Å². The predicted octanol–water partition coefficient (Wildman–Crippen LogP) is 8.10. The third kappa shape index (κ3) is 8.07. The number of aromatic carboxylic acids is 1. The molecule has 0 bridgehead atoms. The number of nitrogens with one attached hydrogen (secondary N) is 2. The number of carboxylic acids is 1. The molecule has 212 valence electrons. The molecule has 41 heavy (non-hydrogen) atoms. The van der Waals surface area contributed by atoms with Crippen molar-refractivity contribution in [2.24, 2.45) is 0 Å². The van der Waals surface area contributed by atoms with Gasteiger partial charge in [-0.15, -0.1) is 0 Å². The molecule has 0 unspecified atom stereocenters. The summed E-state index contributed by atoms with van der Waals surface area (Å²) >= 11 is 0. The van der Waals surface area contributed by atoms with Crippen molar-refractivity contribution in [3.8, 4) is 11.1 Å². The van der Waals surface area contributed by atoms with Crippen LogP contribution in [0.1, 0.15) is 27.9 Å². The first-order valence-corrected chi connectivity index (χ1v) is 12.7. The third-order valence-corrected chi connectivity index (χ3v) is 6.30. The summed E-state index contributed by atoms with van der Waals surface area (Å²) in [5.74, 6) is -1.96. The Morgan fingerprint density at radius 3 is 2.24 bits per heavy atom. The SMILES string of the molecule is Cc1ccc(NC(=O)Nc2cc(-c3cc(F)ccc3C(=O)O)ccc2N(CCC(F)(F)F)Cc2ccccc2)cc1. The number of amides is 2. The number of urea groups is 1. The van der Waals surface area contributed by atoms with Gasteiger partial charge in [-0.2, -0.15) is 13.2 Å². The fraction of sp³-hybridized carbons (Fsp3) is 0.161. The smallest absolute Gasteiger partial charge is 0.390 e. The molecule has 0 aliphatic heterocycles. The minimum atomic E-state index is -4.43. The Bertz CT molecular complexity index is 1520. The summed E-state index contributed by atoms with van der Waals surface area (Å²) in [6, 6.07) is 22.8. The zero-order valence-corrected chi connectivity index (χ0v) is 22.0. The number of carbonyl (C=O) groups excluding carboxylic acids is 1. The van der Waals surface area contributed by atoms with E-state index in [-0.39, 0.29) is 34.6 Å². The van der Waals surface area contributed by atoms with Gasteiger partial charge in [0.2, 0.25) is 0 Å².